The second kappa shape index (κ2) is 10.6. The van der Waals surface area contributed by atoms with E-state index in [-0.39, 0.29) is 0 Å². The summed E-state index contributed by atoms with van der Waals surface area (Å²) in [5.74, 6) is 0. The van der Waals surface area contributed by atoms with E-state index in [0.717, 1.165) is 0 Å². The van der Waals surface area contributed by atoms with Gasteiger partial charge in [-0.3, -0.25) is 0 Å². The van der Waals surface area contributed by atoms with E-state index in [1.54, 1.807) is 0 Å². The van der Waals surface area contributed by atoms with Gasteiger partial charge in [0.2, 0.25) is 0 Å². The Labute approximate surface area is 308 Å². The average molecular weight is 669 g/mol. The van der Waals surface area contributed by atoms with Crippen molar-refractivity contribution in [3.63, 3.8) is 0 Å². The first-order valence-corrected chi connectivity index (χ1v) is 18.6. The molecule has 2 aliphatic rings. The van der Waals surface area contributed by atoms with Crippen LogP contribution in [0.15, 0.2) is 194 Å². The first-order valence-electron chi connectivity index (χ1n) is 18.6. The molecule has 0 aromatic heterocycles. The van der Waals surface area contributed by atoms with Gasteiger partial charge in [-0.1, -0.05) is 170 Å². The lowest BCUT2D eigenvalue weighted by Crippen LogP contribution is -2.26. The van der Waals surface area contributed by atoms with Crippen LogP contribution in [0.3, 0.4) is 0 Å². The maximum Gasteiger partial charge on any atom is 0.0726 e. The van der Waals surface area contributed by atoms with Gasteiger partial charge in [-0.25, -0.2) is 0 Å². The lowest BCUT2D eigenvalue weighted by atomic mass is 9.69. The van der Waals surface area contributed by atoms with Crippen LogP contribution in [0.1, 0.15) is 22.3 Å². The van der Waals surface area contributed by atoms with E-state index in [1.807, 2.05) is 0 Å². The van der Waals surface area contributed by atoms with Crippen molar-refractivity contribution in [3.05, 3.63) is 216 Å². The number of hydrogen-bond acceptors (Lipinski definition) is 0. The van der Waals surface area contributed by atoms with Crippen LogP contribution in [-0.2, 0) is 5.41 Å². The van der Waals surface area contributed by atoms with Crippen LogP contribution in [0.25, 0.3) is 87.6 Å². The zero-order chi connectivity index (χ0) is 34.7. The van der Waals surface area contributed by atoms with Gasteiger partial charge in [-0.15, -0.1) is 0 Å². The molecule has 0 atom stereocenters. The van der Waals surface area contributed by atoms with Gasteiger partial charge in [-0.05, 0) is 134 Å². The molecule has 0 unspecified atom stereocenters. The highest BCUT2D eigenvalue weighted by molar-refractivity contribution is 6.15. The van der Waals surface area contributed by atoms with Gasteiger partial charge in [-0.2, -0.15) is 0 Å². The van der Waals surface area contributed by atoms with Crippen LogP contribution in [0.2, 0.25) is 0 Å². The van der Waals surface area contributed by atoms with Gasteiger partial charge >= 0.3 is 0 Å². The fraction of sp³-hybridized carbons (Fsp3) is 0.0189. The van der Waals surface area contributed by atoms with Crippen molar-refractivity contribution in [1.82, 2.24) is 0 Å². The Bertz CT molecular complexity index is 3120. The topological polar surface area (TPSA) is 0 Å². The Balaban J connectivity index is 1.14. The van der Waals surface area contributed by atoms with Crippen LogP contribution >= 0.6 is 0 Å². The van der Waals surface area contributed by atoms with Crippen LogP contribution in [0.4, 0.5) is 0 Å². The lowest BCUT2D eigenvalue weighted by molar-refractivity contribution is 0.796. The maximum absolute atomic E-state index is 2.54. The van der Waals surface area contributed by atoms with Crippen molar-refractivity contribution in [2.75, 3.05) is 0 Å². The Hall–Kier alpha value is -6.76. The summed E-state index contributed by atoms with van der Waals surface area (Å²) in [6, 6.07) is 72.9. The van der Waals surface area contributed by atoms with E-state index in [0.29, 0.717) is 0 Å². The van der Waals surface area contributed by atoms with Crippen LogP contribution in [-0.4, -0.2) is 0 Å². The van der Waals surface area contributed by atoms with E-state index >= 15 is 0 Å². The molecule has 0 radical (unpaired) electrons. The molecule has 244 valence electrons. The Morgan fingerprint density at radius 2 is 0.698 bits per heavy atom. The highest BCUT2D eigenvalue weighted by atomic mass is 14.5. The summed E-state index contributed by atoms with van der Waals surface area (Å²) in [6.07, 6.45) is 0. The second-order valence-corrected chi connectivity index (χ2v) is 14.7. The Morgan fingerprint density at radius 3 is 1.36 bits per heavy atom. The average Bonchev–Trinajstić information content (AvgIpc) is 3.69. The zero-order valence-corrected chi connectivity index (χ0v) is 29.0. The zero-order valence-electron chi connectivity index (χ0n) is 29.0. The minimum Gasteiger partial charge on any atom is -0.0619 e. The van der Waals surface area contributed by atoms with Crippen molar-refractivity contribution in [1.29, 1.82) is 0 Å². The quantitative estimate of drug-likeness (QED) is 0.161. The molecule has 10 aromatic carbocycles. The first-order chi connectivity index (χ1) is 26.3. The van der Waals surface area contributed by atoms with Crippen LogP contribution < -0.4 is 0 Å². The Morgan fingerprint density at radius 1 is 0.245 bits per heavy atom. The molecule has 0 aliphatic heterocycles. The third kappa shape index (κ3) is 3.80. The summed E-state index contributed by atoms with van der Waals surface area (Å²) in [7, 11) is 0. The molecule has 0 heterocycles. The van der Waals surface area contributed by atoms with Gasteiger partial charge in [0.05, 0.1) is 5.41 Å². The summed E-state index contributed by atoms with van der Waals surface area (Å²) in [6.45, 7) is 0. The molecule has 0 heteroatoms. The monoisotopic (exact) mass is 668 g/mol. The molecule has 0 N–H and O–H groups in total. The summed E-state index contributed by atoms with van der Waals surface area (Å²) in [5.41, 5.74) is 15.4. The molecule has 0 saturated heterocycles. The van der Waals surface area contributed by atoms with Gasteiger partial charge in [0, 0.05) is 0 Å². The van der Waals surface area contributed by atoms with Crippen molar-refractivity contribution >= 4 is 43.1 Å². The minimum absolute atomic E-state index is 0.426. The molecule has 0 amide bonds. The summed E-state index contributed by atoms with van der Waals surface area (Å²) in [4.78, 5) is 0. The molecular formula is C53H32. The molecule has 0 fully saturated rings. The number of benzene rings is 10. The molecule has 1 spiro atoms. The highest BCUT2D eigenvalue weighted by Crippen LogP contribution is 2.64. The second-order valence-electron chi connectivity index (χ2n) is 14.7. The molecule has 12 rings (SSSR count). The Kier molecular flexibility index (Phi) is 5.80. The third-order valence-electron chi connectivity index (χ3n) is 12.2. The first kappa shape index (κ1) is 28.9. The van der Waals surface area contributed by atoms with E-state index in [4.69, 9.17) is 0 Å². The van der Waals surface area contributed by atoms with E-state index < -0.39 is 5.41 Å². The number of fused-ring (bicyclic) bond motifs is 16. The molecule has 0 saturated carbocycles. The van der Waals surface area contributed by atoms with E-state index in [1.165, 1.54) is 110 Å². The molecule has 0 bridgehead atoms. The predicted octanol–water partition coefficient (Wildman–Crippen LogP) is 14.0. The van der Waals surface area contributed by atoms with Crippen molar-refractivity contribution in [2.24, 2.45) is 0 Å². The lowest BCUT2D eigenvalue weighted by Gasteiger charge is -2.31. The predicted molar refractivity (Wildman–Crippen MR) is 224 cm³/mol. The molecule has 53 heavy (non-hydrogen) atoms. The number of rotatable bonds is 2. The van der Waals surface area contributed by atoms with Gasteiger partial charge in [0.15, 0.2) is 0 Å². The number of hydrogen-bond donors (Lipinski definition) is 0. The van der Waals surface area contributed by atoms with E-state index in [9.17, 15) is 0 Å². The summed E-state index contributed by atoms with van der Waals surface area (Å²) < 4.78 is 0. The van der Waals surface area contributed by atoms with Gasteiger partial charge < -0.3 is 0 Å². The van der Waals surface area contributed by atoms with Crippen LogP contribution in [0.5, 0.6) is 0 Å². The molecule has 0 nitrogen and oxygen atoms in total. The van der Waals surface area contributed by atoms with Crippen molar-refractivity contribution in [3.8, 4) is 44.5 Å². The van der Waals surface area contributed by atoms with Gasteiger partial charge in [0.1, 0.15) is 0 Å². The largest absolute Gasteiger partial charge is 0.0726 e. The van der Waals surface area contributed by atoms with Crippen molar-refractivity contribution < 1.29 is 0 Å². The maximum atomic E-state index is 2.54. The summed E-state index contributed by atoms with van der Waals surface area (Å²) in [5, 5.41) is 10.3. The molecular weight excluding hydrogens is 637 g/mol. The van der Waals surface area contributed by atoms with Gasteiger partial charge in [0.25, 0.3) is 0 Å². The highest BCUT2D eigenvalue weighted by Gasteiger charge is 2.52. The van der Waals surface area contributed by atoms with Crippen molar-refractivity contribution in [2.45, 2.75) is 5.41 Å². The standard InChI is InChI=1S/C53H32/c1-2-14-36-31-50-47(29-35(36)13-1)52-44-22-8-7-19-41(44)46(32-51(52)53(50)48-23-11-9-20-42(48)43-21-10-12-24-49(43)53)34-27-25-33(26-28-34)45-30-37-15-3-4-16-38(37)39-17-5-6-18-40(39)45/h1-32H. The van der Waals surface area contributed by atoms with Crippen LogP contribution in [0, 0.1) is 0 Å². The molecule has 10 aromatic rings. The van der Waals surface area contributed by atoms with E-state index in [2.05, 4.69) is 194 Å². The fourth-order valence-electron chi connectivity index (χ4n) is 10.0. The smallest absolute Gasteiger partial charge is 0.0619 e. The third-order valence-corrected chi connectivity index (χ3v) is 12.2. The molecule has 2 aliphatic carbocycles. The fourth-order valence-corrected chi connectivity index (χ4v) is 10.0. The summed E-state index contributed by atoms with van der Waals surface area (Å²) >= 11 is 0. The normalized spacial score (nSPS) is 13.4. The minimum atomic E-state index is -0.426. The SMILES string of the molecule is c1ccc2c(c1)-c1ccccc1C21c2cc3ccccc3cc2-c2c1cc(-c1ccc(-c3cc4ccccc4c4ccccc34)cc1)c1ccccc21.